The van der Waals surface area contributed by atoms with Crippen LogP contribution in [0.1, 0.15) is 32.8 Å². The summed E-state index contributed by atoms with van der Waals surface area (Å²) in [5.41, 5.74) is 1.21. The van der Waals surface area contributed by atoms with E-state index in [0.717, 1.165) is 32.1 Å². The van der Waals surface area contributed by atoms with Crippen molar-refractivity contribution in [1.29, 1.82) is 0 Å². The fourth-order valence-corrected chi connectivity index (χ4v) is 3.87. The molecule has 2 unspecified atom stereocenters. The highest BCUT2D eigenvalue weighted by Gasteiger charge is 2.25. The van der Waals surface area contributed by atoms with Crippen LogP contribution < -0.4 is 5.32 Å². The molecular weight excluding hydrogens is 346 g/mol. The second-order valence-corrected chi connectivity index (χ2v) is 10.1. The van der Waals surface area contributed by atoms with E-state index in [4.69, 9.17) is 4.74 Å². The minimum Gasteiger partial charge on any atom is -0.376 e. The summed E-state index contributed by atoms with van der Waals surface area (Å²) in [5, 5.41) is 3.36. The Hall–Kier alpha value is -1.40. The molecule has 1 saturated heterocycles. The van der Waals surface area contributed by atoms with Crippen LogP contribution >= 0.6 is 0 Å². The minimum absolute atomic E-state index is 0.167. The van der Waals surface area contributed by atoms with E-state index in [0.29, 0.717) is 24.8 Å². The molecule has 6 heteroatoms. The number of nitrogens with zero attached hydrogens (tertiary/aromatic N) is 2. The number of benzene rings is 1. The summed E-state index contributed by atoms with van der Waals surface area (Å²) in [6, 6.07) is 10.3. The lowest BCUT2D eigenvalue weighted by atomic mass is 10.1. The molecule has 2 rings (SSSR count). The number of rotatable bonds is 7. The van der Waals surface area contributed by atoms with Gasteiger partial charge in [0.1, 0.15) is 0 Å². The van der Waals surface area contributed by atoms with Crippen molar-refractivity contribution in [1.82, 2.24) is 10.2 Å². The Bertz CT molecular complexity index is 599. The number of ether oxygens (including phenoxy) is 1. The Morgan fingerprint density at radius 2 is 2.08 bits per heavy atom. The molecule has 0 saturated carbocycles. The first-order valence-electron chi connectivity index (χ1n) is 9.36. The van der Waals surface area contributed by atoms with Gasteiger partial charge in [-0.3, -0.25) is 9.20 Å². The van der Waals surface area contributed by atoms with Crippen molar-refractivity contribution in [3.05, 3.63) is 35.9 Å². The van der Waals surface area contributed by atoms with Crippen molar-refractivity contribution < 1.29 is 8.95 Å². The minimum atomic E-state index is -0.843. The molecule has 0 amide bonds. The molecule has 1 N–H and O–H groups in total. The number of guanidine groups is 1. The first-order chi connectivity index (χ1) is 12.4. The smallest absolute Gasteiger partial charge is 0.193 e. The van der Waals surface area contributed by atoms with Crippen molar-refractivity contribution in [2.45, 2.75) is 38.5 Å². The number of likely N-dealkylation sites (tertiary alicyclic amines) is 1. The highest BCUT2D eigenvalue weighted by atomic mass is 32.2. The van der Waals surface area contributed by atoms with E-state index in [1.54, 1.807) is 0 Å². The van der Waals surface area contributed by atoms with Crippen LogP contribution in [0.2, 0.25) is 0 Å². The second kappa shape index (κ2) is 10.1. The van der Waals surface area contributed by atoms with Crippen molar-refractivity contribution in [2.75, 3.05) is 39.0 Å². The highest BCUT2D eigenvalue weighted by molar-refractivity contribution is 7.86. The predicted octanol–water partition coefficient (Wildman–Crippen LogP) is 2.65. The summed E-state index contributed by atoms with van der Waals surface area (Å²) in [6.07, 6.45) is 1.11. The van der Waals surface area contributed by atoms with Crippen LogP contribution in [0.15, 0.2) is 35.3 Å². The molecule has 1 aliphatic rings. The summed E-state index contributed by atoms with van der Waals surface area (Å²) in [6.45, 7) is 10.1. The number of hydrogen-bond acceptors (Lipinski definition) is 3. The first kappa shape index (κ1) is 20.9. The maximum Gasteiger partial charge on any atom is 0.193 e. The van der Waals surface area contributed by atoms with Gasteiger partial charge in [-0.15, -0.1) is 0 Å². The van der Waals surface area contributed by atoms with Crippen LogP contribution in [0.3, 0.4) is 0 Å². The molecule has 1 aromatic carbocycles. The molecule has 1 fully saturated rings. The van der Waals surface area contributed by atoms with Crippen molar-refractivity contribution in [2.24, 2.45) is 10.9 Å². The third-order valence-corrected chi connectivity index (χ3v) is 6.46. The molecule has 1 aromatic rings. The summed E-state index contributed by atoms with van der Waals surface area (Å²) in [7, 11) is 0.965. The quantitative estimate of drug-likeness (QED) is 0.585. The third-order valence-electron chi connectivity index (χ3n) is 4.52. The van der Waals surface area contributed by atoms with Gasteiger partial charge >= 0.3 is 0 Å². The second-order valence-electron chi connectivity index (χ2n) is 7.74. The van der Waals surface area contributed by atoms with Crippen molar-refractivity contribution in [3.8, 4) is 0 Å². The predicted molar refractivity (Wildman–Crippen MR) is 110 cm³/mol. The van der Waals surface area contributed by atoms with E-state index < -0.39 is 10.8 Å². The van der Waals surface area contributed by atoms with Crippen LogP contribution in [0.4, 0.5) is 0 Å². The Morgan fingerprint density at radius 3 is 2.73 bits per heavy atom. The topological polar surface area (TPSA) is 53.9 Å². The van der Waals surface area contributed by atoms with Gasteiger partial charge in [-0.1, -0.05) is 30.3 Å². The van der Waals surface area contributed by atoms with Gasteiger partial charge in [-0.05, 0) is 32.8 Å². The molecule has 5 nitrogen and oxygen atoms in total. The fraction of sp³-hybridized carbons (Fsp3) is 0.650. The van der Waals surface area contributed by atoms with Crippen molar-refractivity contribution in [3.63, 3.8) is 0 Å². The Morgan fingerprint density at radius 1 is 1.35 bits per heavy atom. The lowest BCUT2D eigenvalue weighted by Crippen LogP contribution is -2.42. The summed E-state index contributed by atoms with van der Waals surface area (Å²) in [5.74, 6) is 2.07. The zero-order chi connectivity index (χ0) is 19.0. The lowest BCUT2D eigenvalue weighted by molar-refractivity contribution is 0.0907. The standard InChI is InChI=1S/C20H33N3O2S/c1-20(2,3)26(24)13-11-22-19(21-4)23-12-10-18(14-23)16-25-15-17-8-6-5-7-9-17/h5-9,18H,10-16H2,1-4H3,(H,21,22). The average Bonchev–Trinajstić information content (AvgIpc) is 3.07. The lowest BCUT2D eigenvalue weighted by Gasteiger charge is -2.23. The monoisotopic (exact) mass is 379 g/mol. The normalized spacial score (nSPS) is 19.6. The van der Waals surface area contributed by atoms with Gasteiger partial charge < -0.3 is 15.0 Å². The average molecular weight is 380 g/mol. The molecular formula is C20H33N3O2S. The van der Waals surface area contributed by atoms with E-state index in [1.165, 1.54) is 5.56 Å². The van der Waals surface area contributed by atoms with Gasteiger partial charge in [0.05, 0.1) is 13.2 Å². The summed E-state index contributed by atoms with van der Waals surface area (Å²) >= 11 is 0. The van der Waals surface area contributed by atoms with Gasteiger partial charge in [0, 0.05) is 53.9 Å². The van der Waals surface area contributed by atoms with E-state index in [1.807, 2.05) is 46.0 Å². The van der Waals surface area contributed by atoms with E-state index >= 15 is 0 Å². The van der Waals surface area contributed by atoms with Gasteiger partial charge in [-0.2, -0.15) is 0 Å². The number of hydrogen-bond donors (Lipinski definition) is 1. The third kappa shape index (κ3) is 6.72. The van der Waals surface area contributed by atoms with Crippen LogP contribution in [0.5, 0.6) is 0 Å². The molecule has 1 heterocycles. The van der Waals surface area contributed by atoms with Gasteiger partial charge in [-0.25, -0.2) is 0 Å². The zero-order valence-corrected chi connectivity index (χ0v) is 17.3. The molecule has 146 valence electrons. The molecule has 0 bridgehead atoms. The SMILES string of the molecule is CN=C(NCCS(=O)C(C)(C)C)N1CCC(COCc2ccccc2)C1. The summed E-state index contributed by atoms with van der Waals surface area (Å²) < 4.78 is 17.9. The Kier molecular flexibility index (Phi) is 8.10. The molecule has 0 aromatic heterocycles. The Balaban J connectivity index is 1.69. The van der Waals surface area contributed by atoms with Gasteiger partial charge in [0.2, 0.25) is 0 Å². The van der Waals surface area contributed by atoms with Crippen LogP contribution in [0, 0.1) is 5.92 Å². The molecule has 1 aliphatic heterocycles. The fourth-order valence-electron chi connectivity index (χ4n) is 2.97. The van der Waals surface area contributed by atoms with Crippen LogP contribution in [0.25, 0.3) is 0 Å². The van der Waals surface area contributed by atoms with Gasteiger partial charge in [0.15, 0.2) is 5.96 Å². The van der Waals surface area contributed by atoms with Crippen LogP contribution in [-0.4, -0.2) is 58.9 Å². The van der Waals surface area contributed by atoms with E-state index in [2.05, 4.69) is 27.3 Å². The van der Waals surface area contributed by atoms with Crippen molar-refractivity contribution >= 4 is 16.8 Å². The first-order valence-corrected chi connectivity index (χ1v) is 10.7. The van der Waals surface area contributed by atoms with Crippen LogP contribution in [-0.2, 0) is 22.1 Å². The largest absolute Gasteiger partial charge is 0.376 e. The molecule has 0 radical (unpaired) electrons. The summed E-state index contributed by atoms with van der Waals surface area (Å²) in [4.78, 5) is 6.66. The maximum absolute atomic E-state index is 12.1. The van der Waals surface area contributed by atoms with Gasteiger partial charge in [0.25, 0.3) is 0 Å². The Labute approximate surface area is 160 Å². The number of aliphatic imine (C=N–C) groups is 1. The molecule has 0 spiro atoms. The van der Waals surface area contributed by atoms with E-state index in [-0.39, 0.29) is 4.75 Å². The van der Waals surface area contributed by atoms with E-state index in [9.17, 15) is 4.21 Å². The molecule has 2 atom stereocenters. The highest BCUT2D eigenvalue weighted by Crippen LogP contribution is 2.17. The molecule has 0 aliphatic carbocycles. The zero-order valence-electron chi connectivity index (χ0n) is 16.5. The molecule has 26 heavy (non-hydrogen) atoms. The maximum atomic E-state index is 12.1. The number of nitrogens with one attached hydrogen (secondary N) is 1.